The Labute approximate surface area is 108 Å². The van der Waals surface area contributed by atoms with Crippen molar-refractivity contribution in [3.05, 3.63) is 33.3 Å². The minimum absolute atomic E-state index is 0.315. The van der Waals surface area contributed by atoms with Gasteiger partial charge in [-0.25, -0.2) is 5.48 Å². The fourth-order valence-electron chi connectivity index (χ4n) is 0.896. The van der Waals surface area contributed by atoms with Gasteiger partial charge < -0.3 is 0 Å². The van der Waals surface area contributed by atoms with Gasteiger partial charge in [0.05, 0.1) is 10.6 Å². The summed E-state index contributed by atoms with van der Waals surface area (Å²) in [4.78, 5) is 16.8. The molecule has 0 atom stereocenters. The monoisotopic (exact) mass is 305 g/mol. The molecule has 5 heteroatoms. The Balaban J connectivity index is 2.70. The predicted molar refractivity (Wildman–Crippen MR) is 67.5 cm³/mol. The maximum absolute atomic E-state index is 11.6. The second-order valence-electron chi connectivity index (χ2n) is 4.27. The summed E-state index contributed by atoms with van der Waals surface area (Å²) in [6.07, 6.45) is 0. The van der Waals surface area contributed by atoms with Gasteiger partial charge in [-0.2, -0.15) is 0 Å². The number of rotatable bonds is 2. The van der Waals surface area contributed by atoms with Crippen LogP contribution in [0.25, 0.3) is 0 Å². The maximum atomic E-state index is 11.6. The lowest BCUT2D eigenvalue weighted by atomic mass is 10.2. The van der Waals surface area contributed by atoms with Crippen LogP contribution in [0.1, 0.15) is 31.1 Å². The molecule has 0 aromatic heterocycles. The molecule has 1 amide bonds. The Kier molecular flexibility index (Phi) is 4.35. The second kappa shape index (κ2) is 5.17. The molecule has 0 heterocycles. The second-order valence-corrected chi connectivity index (χ2v) is 5.54. The Morgan fingerprint density at radius 1 is 1.44 bits per heavy atom. The standard InChI is InChI=1S/C11H13BrClNO2/c1-11(2,3)16-14-10(15)7-4-5-8(12)9(13)6-7/h4-6H,1-3H3,(H,14,15). The van der Waals surface area contributed by atoms with E-state index in [0.29, 0.717) is 10.6 Å². The van der Waals surface area contributed by atoms with Crippen LogP contribution in [0.15, 0.2) is 22.7 Å². The van der Waals surface area contributed by atoms with Crippen molar-refractivity contribution in [3.8, 4) is 0 Å². The van der Waals surface area contributed by atoms with E-state index >= 15 is 0 Å². The van der Waals surface area contributed by atoms with Crippen molar-refractivity contribution < 1.29 is 9.63 Å². The van der Waals surface area contributed by atoms with Crippen molar-refractivity contribution in [1.82, 2.24) is 5.48 Å². The highest BCUT2D eigenvalue weighted by Gasteiger charge is 2.14. The average Bonchev–Trinajstić information content (AvgIpc) is 2.17. The first-order valence-corrected chi connectivity index (χ1v) is 5.90. The molecule has 0 saturated heterocycles. The van der Waals surface area contributed by atoms with Gasteiger partial charge in [-0.05, 0) is 54.9 Å². The molecule has 1 N–H and O–H groups in total. The lowest BCUT2D eigenvalue weighted by molar-refractivity contribution is -0.0589. The molecule has 1 aromatic rings. The molecule has 0 fully saturated rings. The SMILES string of the molecule is CC(C)(C)ONC(=O)c1ccc(Br)c(Cl)c1. The molecule has 1 rings (SSSR count). The number of halogens is 2. The van der Waals surface area contributed by atoms with Crippen molar-refractivity contribution >= 4 is 33.4 Å². The van der Waals surface area contributed by atoms with Crippen molar-refractivity contribution in [2.75, 3.05) is 0 Å². The lowest BCUT2D eigenvalue weighted by Gasteiger charge is -2.18. The fourth-order valence-corrected chi connectivity index (χ4v) is 1.32. The zero-order valence-electron chi connectivity index (χ0n) is 9.30. The maximum Gasteiger partial charge on any atom is 0.274 e. The van der Waals surface area contributed by atoms with Crippen LogP contribution < -0.4 is 5.48 Å². The number of amides is 1. The number of benzene rings is 1. The van der Waals surface area contributed by atoms with Crippen molar-refractivity contribution in [1.29, 1.82) is 0 Å². The van der Waals surface area contributed by atoms with Gasteiger partial charge in [-0.15, -0.1) is 0 Å². The molecule has 0 unspecified atom stereocenters. The van der Waals surface area contributed by atoms with Gasteiger partial charge in [0.1, 0.15) is 0 Å². The molecular weight excluding hydrogens is 293 g/mol. The van der Waals surface area contributed by atoms with E-state index in [2.05, 4.69) is 21.4 Å². The topological polar surface area (TPSA) is 38.3 Å². The smallest absolute Gasteiger partial charge is 0.268 e. The normalized spacial score (nSPS) is 11.3. The number of hydrogen-bond acceptors (Lipinski definition) is 2. The van der Waals surface area contributed by atoms with Gasteiger partial charge in [0.2, 0.25) is 0 Å². The van der Waals surface area contributed by atoms with E-state index in [0.717, 1.165) is 4.47 Å². The minimum atomic E-state index is -0.422. The fraction of sp³-hybridized carbons (Fsp3) is 0.364. The highest BCUT2D eigenvalue weighted by atomic mass is 79.9. The van der Waals surface area contributed by atoms with Crippen molar-refractivity contribution in [2.24, 2.45) is 0 Å². The van der Waals surface area contributed by atoms with Crippen LogP contribution in [0.2, 0.25) is 5.02 Å². The molecule has 0 spiro atoms. The third kappa shape index (κ3) is 4.12. The summed E-state index contributed by atoms with van der Waals surface area (Å²) in [5.74, 6) is -0.315. The molecule has 0 aliphatic heterocycles. The van der Waals surface area contributed by atoms with E-state index < -0.39 is 5.60 Å². The molecule has 88 valence electrons. The summed E-state index contributed by atoms with van der Waals surface area (Å²) in [5, 5.41) is 0.489. The first kappa shape index (κ1) is 13.5. The number of carbonyl (C=O) groups excluding carboxylic acids is 1. The summed E-state index contributed by atoms with van der Waals surface area (Å²) in [7, 11) is 0. The van der Waals surface area contributed by atoms with Crippen LogP contribution in [0.3, 0.4) is 0 Å². The molecular formula is C11H13BrClNO2. The number of carbonyl (C=O) groups is 1. The van der Waals surface area contributed by atoms with Crippen molar-refractivity contribution in [3.63, 3.8) is 0 Å². The summed E-state index contributed by atoms with van der Waals surface area (Å²) in [5.41, 5.74) is 2.41. The van der Waals surface area contributed by atoms with Crippen molar-refractivity contribution in [2.45, 2.75) is 26.4 Å². The van der Waals surface area contributed by atoms with Crippen LogP contribution >= 0.6 is 27.5 Å². The third-order valence-electron chi connectivity index (χ3n) is 1.63. The zero-order chi connectivity index (χ0) is 12.3. The summed E-state index contributed by atoms with van der Waals surface area (Å²) in [6.45, 7) is 5.55. The molecule has 0 aliphatic rings. The highest BCUT2D eigenvalue weighted by molar-refractivity contribution is 9.10. The van der Waals surface area contributed by atoms with Gasteiger partial charge in [-0.1, -0.05) is 11.6 Å². The van der Waals surface area contributed by atoms with E-state index in [4.69, 9.17) is 16.4 Å². The Morgan fingerprint density at radius 3 is 2.56 bits per heavy atom. The van der Waals surface area contributed by atoms with Gasteiger partial charge in [0.25, 0.3) is 5.91 Å². The largest absolute Gasteiger partial charge is 0.274 e. The Bertz CT molecular complexity index is 401. The molecule has 0 aliphatic carbocycles. The molecule has 16 heavy (non-hydrogen) atoms. The van der Waals surface area contributed by atoms with Gasteiger partial charge in [0, 0.05) is 10.0 Å². The van der Waals surface area contributed by atoms with Crippen LogP contribution in [-0.2, 0) is 4.84 Å². The number of nitrogens with one attached hydrogen (secondary N) is 1. The van der Waals surface area contributed by atoms with Crippen LogP contribution in [0.5, 0.6) is 0 Å². The van der Waals surface area contributed by atoms with Gasteiger partial charge in [-0.3, -0.25) is 9.63 Å². The zero-order valence-corrected chi connectivity index (χ0v) is 11.6. The Hall–Kier alpha value is -0.580. The molecule has 0 saturated carbocycles. The van der Waals surface area contributed by atoms with Crippen LogP contribution in [0, 0.1) is 0 Å². The summed E-state index contributed by atoms with van der Waals surface area (Å²) in [6, 6.07) is 4.96. The quantitative estimate of drug-likeness (QED) is 0.848. The van der Waals surface area contributed by atoms with E-state index in [1.807, 2.05) is 20.8 Å². The molecule has 1 aromatic carbocycles. The number of hydroxylamine groups is 1. The number of hydrogen-bond donors (Lipinski definition) is 1. The first-order chi connectivity index (χ1) is 7.29. The average molecular weight is 307 g/mol. The summed E-state index contributed by atoms with van der Waals surface area (Å²) < 4.78 is 0.752. The molecule has 3 nitrogen and oxygen atoms in total. The first-order valence-electron chi connectivity index (χ1n) is 4.73. The van der Waals surface area contributed by atoms with Gasteiger partial charge >= 0.3 is 0 Å². The van der Waals surface area contributed by atoms with Crippen LogP contribution in [-0.4, -0.2) is 11.5 Å². The minimum Gasteiger partial charge on any atom is -0.268 e. The predicted octanol–water partition coefficient (Wildman–Crippen LogP) is 3.56. The Morgan fingerprint density at radius 2 is 2.06 bits per heavy atom. The highest BCUT2D eigenvalue weighted by Crippen LogP contribution is 2.23. The molecule has 0 radical (unpaired) electrons. The molecule has 0 bridgehead atoms. The van der Waals surface area contributed by atoms with E-state index in [-0.39, 0.29) is 5.91 Å². The van der Waals surface area contributed by atoms with Gasteiger partial charge in [0.15, 0.2) is 0 Å². The van der Waals surface area contributed by atoms with Crippen LogP contribution in [0.4, 0.5) is 0 Å². The third-order valence-corrected chi connectivity index (χ3v) is 2.86. The van der Waals surface area contributed by atoms with E-state index in [9.17, 15) is 4.79 Å². The van der Waals surface area contributed by atoms with E-state index in [1.54, 1.807) is 18.2 Å². The van der Waals surface area contributed by atoms with E-state index in [1.165, 1.54) is 0 Å². The summed E-state index contributed by atoms with van der Waals surface area (Å²) >= 11 is 9.13. The lowest BCUT2D eigenvalue weighted by Crippen LogP contribution is -2.33.